The SMILES string of the molecule is CCOCCN(C)C(CN)c1occc1Br. The van der Waals surface area contributed by atoms with Crippen LogP contribution in [-0.2, 0) is 4.74 Å². The van der Waals surface area contributed by atoms with Crippen LogP contribution in [0.5, 0.6) is 0 Å². The molecule has 1 aromatic heterocycles. The summed E-state index contributed by atoms with van der Waals surface area (Å²) in [5, 5.41) is 0. The van der Waals surface area contributed by atoms with Gasteiger partial charge in [-0.25, -0.2) is 0 Å². The molecule has 0 aliphatic carbocycles. The lowest BCUT2D eigenvalue weighted by atomic mass is 10.2. The molecule has 0 amide bonds. The van der Waals surface area contributed by atoms with Gasteiger partial charge in [0.2, 0.25) is 0 Å². The Bertz CT molecular complexity index is 304. The zero-order chi connectivity index (χ0) is 12.0. The van der Waals surface area contributed by atoms with Crippen LogP contribution in [0.4, 0.5) is 0 Å². The van der Waals surface area contributed by atoms with E-state index in [9.17, 15) is 0 Å². The van der Waals surface area contributed by atoms with Crippen molar-refractivity contribution in [3.63, 3.8) is 0 Å². The second-order valence-electron chi connectivity index (χ2n) is 3.56. The van der Waals surface area contributed by atoms with E-state index in [1.807, 2.05) is 20.0 Å². The summed E-state index contributed by atoms with van der Waals surface area (Å²) in [6.45, 7) is 4.80. The second kappa shape index (κ2) is 7.06. The van der Waals surface area contributed by atoms with Crippen LogP contribution >= 0.6 is 15.9 Å². The van der Waals surface area contributed by atoms with Gasteiger partial charge in [-0.2, -0.15) is 0 Å². The normalized spacial score (nSPS) is 13.3. The maximum absolute atomic E-state index is 5.77. The van der Waals surface area contributed by atoms with E-state index >= 15 is 0 Å². The van der Waals surface area contributed by atoms with Crippen LogP contribution < -0.4 is 5.73 Å². The fourth-order valence-corrected chi connectivity index (χ4v) is 2.00. The first kappa shape index (κ1) is 13.7. The first-order valence-electron chi connectivity index (χ1n) is 5.41. The monoisotopic (exact) mass is 290 g/mol. The molecule has 16 heavy (non-hydrogen) atoms. The molecule has 0 aliphatic rings. The van der Waals surface area contributed by atoms with Gasteiger partial charge in [-0.05, 0) is 36.0 Å². The van der Waals surface area contributed by atoms with E-state index in [1.54, 1.807) is 6.26 Å². The number of nitrogens with two attached hydrogens (primary N) is 1. The summed E-state index contributed by atoms with van der Waals surface area (Å²) >= 11 is 3.45. The van der Waals surface area contributed by atoms with Crippen molar-refractivity contribution >= 4 is 15.9 Å². The molecule has 0 aromatic carbocycles. The van der Waals surface area contributed by atoms with Crippen molar-refractivity contribution in [2.75, 3.05) is 33.4 Å². The van der Waals surface area contributed by atoms with Crippen molar-refractivity contribution in [1.29, 1.82) is 0 Å². The summed E-state index contributed by atoms with van der Waals surface area (Å²) in [7, 11) is 2.02. The lowest BCUT2D eigenvalue weighted by Gasteiger charge is -2.25. The van der Waals surface area contributed by atoms with Crippen molar-refractivity contribution in [3.8, 4) is 0 Å². The van der Waals surface area contributed by atoms with Crippen molar-refractivity contribution < 1.29 is 9.15 Å². The van der Waals surface area contributed by atoms with E-state index in [-0.39, 0.29) is 6.04 Å². The van der Waals surface area contributed by atoms with Gasteiger partial charge in [-0.3, -0.25) is 4.90 Å². The molecule has 1 unspecified atom stereocenters. The summed E-state index contributed by atoms with van der Waals surface area (Å²) in [6.07, 6.45) is 1.67. The van der Waals surface area contributed by atoms with E-state index in [0.29, 0.717) is 13.2 Å². The number of hydrogen-bond donors (Lipinski definition) is 1. The van der Waals surface area contributed by atoms with Crippen LogP contribution in [0, 0.1) is 0 Å². The molecular formula is C11H19BrN2O2. The Morgan fingerprint density at radius 2 is 2.38 bits per heavy atom. The highest BCUT2D eigenvalue weighted by molar-refractivity contribution is 9.10. The first-order chi connectivity index (χ1) is 7.70. The van der Waals surface area contributed by atoms with Crippen LogP contribution in [0.1, 0.15) is 18.7 Å². The molecule has 0 fully saturated rings. The lowest BCUT2D eigenvalue weighted by molar-refractivity contribution is 0.103. The van der Waals surface area contributed by atoms with E-state index in [4.69, 9.17) is 14.9 Å². The second-order valence-corrected chi connectivity index (χ2v) is 4.42. The molecule has 0 bridgehead atoms. The predicted molar refractivity (Wildman–Crippen MR) is 67.3 cm³/mol. The number of hydrogen-bond acceptors (Lipinski definition) is 4. The van der Waals surface area contributed by atoms with Gasteiger partial charge in [0.15, 0.2) is 0 Å². The van der Waals surface area contributed by atoms with Crippen LogP contribution in [0.15, 0.2) is 21.2 Å². The van der Waals surface area contributed by atoms with Gasteiger partial charge < -0.3 is 14.9 Å². The lowest BCUT2D eigenvalue weighted by Crippen LogP contribution is -2.33. The van der Waals surface area contributed by atoms with E-state index in [2.05, 4.69) is 20.8 Å². The van der Waals surface area contributed by atoms with Gasteiger partial charge in [0.1, 0.15) is 5.76 Å². The Balaban J connectivity index is 2.57. The fraction of sp³-hybridized carbons (Fsp3) is 0.636. The molecule has 0 saturated heterocycles. The maximum atomic E-state index is 5.77. The molecule has 1 rings (SSSR count). The molecular weight excluding hydrogens is 272 g/mol. The molecule has 0 saturated carbocycles. The molecule has 1 heterocycles. The molecule has 4 nitrogen and oxygen atoms in total. The van der Waals surface area contributed by atoms with E-state index in [0.717, 1.165) is 23.4 Å². The summed E-state index contributed by atoms with van der Waals surface area (Å²) in [4.78, 5) is 2.14. The van der Waals surface area contributed by atoms with Crippen molar-refractivity contribution in [2.45, 2.75) is 13.0 Å². The van der Waals surface area contributed by atoms with Crippen LogP contribution in [0.25, 0.3) is 0 Å². The molecule has 1 atom stereocenters. The molecule has 5 heteroatoms. The Kier molecular flexibility index (Phi) is 6.05. The van der Waals surface area contributed by atoms with Gasteiger partial charge >= 0.3 is 0 Å². The van der Waals surface area contributed by atoms with E-state index in [1.165, 1.54) is 0 Å². The smallest absolute Gasteiger partial charge is 0.136 e. The minimum atomic E-state index is 0.0878. The summed E-state index contributed by atoms with van der Waals surface area (Å²) in [5.41, 5.74) is 5.77. The summed E-state index contributed by atoms with van der Waals surface area (Å²) in [6, 6.07) is 1.97. The molecule has 0 spiro atoms. The van der Waals surface area contributed by atoms with Gasteiger partial charge in [-0.1, -0.05) is 0 Å². The third kappa shape index (κ3) is 3.59. The van der Waals surface area contributed by atoms with Gasteiger partial charge in [0.05, 0.1) is 23.4 Å². The van der Waals surface area contributed by atoms with Crippen molar-refractivity contribution in [1.82, 2.24) is 4.90 Å². The maximum Gasteiger partial charge on any atom is 0.136 e. The minimum absolute atomic E-state index is 0.0878. The van der Waals surface area contributed by atoms with Crippen LogP contribution in [0.3, 0.4) is 0 Å². The third-order valence-electron chi connectivity index (χ3n) is 2.50. The summed E-state index contributed by atoms with van der Waals surface area (Å²) < 4.78 is 11.7. The third-order valence-corrected chi connectivity index (χ3v) is 3.15. The van der Waals surface area contributed by atoms with Gasteiger partial charge in [0, 0.05) is 19.7 Å². The highest BCUT2D eigenvalue weighted by Gasteiger charge is 2.20. The predicted octanol–water partition coefficient (Wildman–Crippen LogP) is 2.01. The topological polar surface area (TPSA) is 51.6 Å². The standard InChI is InChI=1S/C11H19BrN2O2/c1-3-15-7-5-14(2)10(8-13)11-9(12)4-6-16-11/h4,6,10H,3,5,7-8,13H2,1-2H3. The molecule has 92 valence electrons. The van der Waals surface area contributed by atoms with E-state index < -0.39 is 0 Å². The fourth-order valence-electron chi connectivity index (χ4n) is 1.54. The number of nitrogens with zero attached hydrogens (tertiary/aromatic N) is 1. The number of likely N-dealkylation sites (N-methyl/N-ethyl adjacent to an activating group) is 1. The number of furan rings is 1. The van der Waals surface area contributed by atoms with Gasteiger partial charge in [0.25, 0.3) is 0 Å². The molecule has 2 N–H and O–H groups in total. The number of ether oxygens (including phenoxy) is 1. The Morgan fingerprint density at radius 1 is 1.62 bits per heavy atom. The zero-order valence-corrected chi connectivity index (χ0v) is 11.4. The quantitative estimate of drug-likeness (QED) is 0.781. The number of rotatable bonds is 7. The average molecular weight is 291 g/mol. The van der Waals surface area contributed by atoms with Crippen molar-refractivity contribution in [3.05, 3.63) is 22.6 Å². The Hall–Kier alpha value is -0.360. The van der Waals surface area contributed by atoms with Crippen LogP contribution in [-0.4, -0.2) is 38.3 Å². The van der Waals surface area contributed by atoms with Gasteiger partial charge in [-0.15, -0.1) is 0 Å². The molecule has 0 aliphatic heterocycles. The number of halogens is 1. The molecule has 0 radical (unpaired) electrons. The first-order valence-corrected chi connectivity index (χ1v) is 6.21. The van der Waals surface area contributed by atoms with Crippen molar-refractivity contribution in [2.24, 2.45) is 5.73 Å². The Labute approximate surface area is 105 Å². The highest BCUT2D eigenvalue weighted by Crippen LogP contribution is 2.27. The average Bonchev–Trinajstić information content (AvgIpc) is 2.67. The summed E-state index contributed by atoms with van der Waals surface area (Å²) in [5.74, 6) is 0.876. The zero-order valence-electron chi connectivity index (χ0n) is 9.78. The highest BCUT2D eigenvalue weighted by atomic mass is 79.9. The largest absolute Gasteiger partial charge is 0.466 e. The Morgan fingerprint density at radius 3 is 2.88 bits per heavy atom. The molecule has 1 aromatic rings. The minimum Gasteiger partial charge on any atom is -0.466 e. The van der Waals surface area contributed by atoms with Crippen LogP contribution in [0.2, 0.25) is 0 Å².